The molecule has 0 saturated carbocycles. The van der Waals surface area contributed by atoms with E-state index in [0.29, 0.717) is 0 Å². The molecule has 3 rings (SSSR count). The summed E-state index contributed by atoms with van der Waals surface area (Å²) in [7, 11) is 0. The third-order valence-corrected chi connectivity index (χ3v) is 3.30. The van der Waals surface area contributed by atoms with Crippen molar-refractivity contribution in [3.8, 4) is 5.75 Å². The minimum Gasteiger partial charge on any atom is -0.492 e. The van der Waals surface area contributed by atoms with E-state index in [-0.39, 0.29) is 0 Å². The van der Waals surface area contributed by atoms with Crippen molar-refractivity contribution in [2.24, 2.45) is 0 Å². The normalized spacial score (nSPS) is 19.4. The first-order valence-corrected chi connectivity index (χ1v) is 5.93. The highest BCUT2D eigenvalue weighted by Gasteiger charge is 2.23. The zero-order chi connectivity index (χ0) is 11.0. The summed E-state index contributed by atoms with van der Waals surface area (Å²) in [6.45, 7) is 7.06. The van der Waals surface area contributed by atoms with Crippen LogP contribution in [-0.2, 0) is 6.42 Å². The van der Waals surface area contributed by atoms with E-state index in [0.717, 1.165) is 56.3 Å². The topological polar surface area (TPSA) is 37.4 Å². The zero-order valence-corrected chi connectivity index (χ0v) is 9.62. The highest BCUT2D eigenvalue weighted by molar-refractivity contribution is 5.58. The number of fused-ring (bicyclic) bond motifs is 1. The Hall–Kier alpha value is -1.29. The molecule has 16 heavy (non-hydrogen) atoms. The van der Waals surface area contributed by atoms with E-state index in [1.807, 2.05) is 6.20 Å². The molecule has 0 radical (unpaired) electrons. The first-order chi connectivity index (χ1) is 7.86. The molecule has 1 aromatic heterocycles. The van der Waals surface area contributed by atoms with E-state index in [4.69, 9.17) is 4.74 Å². The number of nitrogens with zero attached hydrogens (tertiary/aromatic N) is 2. The van der Waals surface area contributed by atoms with Gasteiger partial charge < -0.3 is 15.0 Å². The number of hydrogen-bond donors (Lipinski definition) is 1. The fraction of sp³-hybridized carbons (Fsp3) is 0.583. The molecule has 0 aliphatic carbocycles. The molecular weight excluding hydrogens is 202 g/mol. The van der Waals surface area contributed by atoms with E-state index >= 15 is 0 Å². The summed E-state index contributed by atoms with van der Waals surface area (Å²) in [6.07, 6.45) is 2.94. The van der Waals surface area contributed by atoms with E-state index in [2.05, 4.69) is 22.1 Å². The average Bonchev–Trinajstić information content (AvgIpc) is 2.81. The Kier molecular flexibility index (Phi) is 2.44. The van der Waals surface area contributed by atoms with Gasteiger partial charge in [0.1, 0.15) is 11.6 Å². The van der Waals surface area contributed by atoms with Crippen molar-refractivity contribution in [3.05, 3.63) is 17.3 Å². The SMILES string of the molecule is Cc1cnc(N2CCNCC2)c2c1OCC2. The number of hydrogen-bond acceptors (Lipinski definition) is 4. The van der Waals surface area contributed by atoms with Gasteiger partial charge in [0.2, 0.25) is 0 Å². The second-order valence-electron chi connectivity index (χ2n) is 4.41. The van der Waals surface area contributed by atoms with Crippen LogP contribution in [0.3, 0.4) is 0 Å². The molecule has 0 unspecified atom stereocenters. The van der Waals surface area contributed by atoms with Gasteiger partial charge in [0.25, 0.3) is 0 Å². The van der Waals surface area contributed by atoms with Gasteiger partial charge in [0, 0.05) is 49.9 Å². The van der Waals surface area contributed by atoms with Crippen molar-refractivity contribution < 1.29 is 4.74 Å². The van der Waals surface area contributed by atoms with Crippen LogP contribution < -0.4 is 15.0 Å². The predicted octanol–water partition coefficient (Wildman–Crippen LogP) is 0.735. The Labute approximate surface area is 95.6 Å². The van der Waals surface area contributed by atoms with Gasteiger partial charge >= 0.3 is 0 Å². The summed E-state index contributed by atoms with van der Waals surface area (Å²) in [6, 6.07) is 0. The molecule has 86 valence electrons. The van der Waals surface area contributed by atoms with Gasteiger partial charge in [-0.25, -0.2) is 4.98 Å². The van der Waals surface area contributed by atoms with Crippen LogP contribution in [0.2, 0.25) is 0 Å². The second-order valence-corrected chi connectivity index (χ2v) is 4.41. The lowest BCUT2D eigenvalue weighted by Gasteiger charge is -2.29. The van der Waals surface area contributed by atoms with Crippen LogP contribution in [0.4, 0.5) is 5.82 Å². The van der Waals surface area contributed by atoms with Crippen LogP contribution in [0, 0.1) is 6.92 Å². The van der Waals surface area contributed by atoms with Gasteiger partial charge in [-0.05, 0) is 6.92 Å². The van der Waals surface area contributed by atoms with Gasteiger partial charge in [0.15, 0.2) is 0 Å². The summed E-state index contributed by atoms with van der Waals surface area (Å²) in [5, 5.41) is 3.36. The molecule has 0 spiro atoms. The first kappa shape index (κ1) is 9.90. The van der Waals surface area contributed by atoms with Crippen molar-refractivity contribution >= 4 is 5.82 Å². The minimum absolute atomic E-state index is 0.807. The molecule has 1 N–H and O–H groups in total. The monoisotopic (exact) mass is 219 g/mol. The van der Waals surface area contributed by atoms with Crippen molar-refractivity contribution in [1.82, 2.24) is 10.3 Å². The molecule has 4 heteroatoms. The summed E-state index contributed by atoms with van der Waals surface area (Å²) < 4.78 is 5.68. The molecule has 2 aliphatic heterocycles. The van der Waals surface area contributed by atoms with E-state index in [1.165, 1.54) is 5.56 Å². The number of aromatic nitrogens is 1. The van der Waals surface area contributed by atoms with Gasteiger partial charge in [-0.2, -0.15) is 0 Å². The lowest BCUT2D eigenvalue weighted by Crippen LogP contribution is -2.44. The van der Waals surface area contributed by atoms with Crippen LogP contribution in [0.15, 0.2) is 6.20 Å². The number of nitrogens with one attached hydrogen (secondary N) is 1. The summed E-state index contributed by atoms with van der Waals surface area (Å²) >= 11 is 0. The molecule has 3 heterocycles. The molecular formula is C12H17N3O. The molecule has 0 amide bonds. The standard InChI is InChI=1S/C12H17N3O/c1-9-8-14-12(10-2-7-16-11(9)10)15-5-3-13-4-6-15/h8,13H,2-7H2,1H3. The molecule has 4 nitrogen and oxygen atoms in total. The highest BCUT2D eigenvalue weighted by Crippen LogP contribution is 2.34. The Bertz CT molecular complexity index is 399. The number of ether oxygens (including phenoxy) is 1. The Morgan fingerprint density at radius 3 is 3.00 bits per heavy atom. The Morgan fingerprint density at radius 2 is 2.19 bits per heavy atom. The number of aryl methyl sites for hydroxylation is 1. The van der Waals surface area contributed by atoms with Crippen molar-refractivity contribution in [2.75, 3.05) is 37.7 Å². The van der Waals surface area contributed by atoms with Crippen LogP contribution in [-0.4, -0.2) is 37.8 Å². The van der Waals surface area contributed by atoms with Crippen LogP contribution in [0.1, 0.15) is 11.1 Å². The smallest absolute Gasteiger partial charge is 0.135 e. The maximum Gasteiger partial charge on any atom is 0.135 e. The second kappa shape index (κ2) is 3.94. The summed E-state index contributed by atoms with van der Waals surface area (Å²) in [4.78, 5) is 6.96. The number of piperazine rings is 1. The minimum atomic E-state index is 0.807. The third-order valence-electron chi connectivity index (χ3n) is 3.30. The van der Waals surface area contributed by atoms with E-state index in [1.54, 1.807) is 0 Å². The largest absolute Gasteiger partial charge is 0.492 e. The number of anilines is 1. The Morgan fingerprint density at radius 1 is 1.38 bits per heavy atom. The van der Waals surface area contributed by atoms with Gasteiger partial charge in [-0.1, -0.05) is 0 Å². The van der Waals surface area contributed by atoms with Crippen molar-refractivity contribution in [3.63, 3.8) is 0 Å². The fourth-order valence-electron chi connectivity index (χ4n) is 2.46. The molecule has 0 aromatic carbocycles. The molecule has 0 bridgehead atoms. The van der Waals surface area contributed by atoms with E-state index < -0.39 is 0 Å². The average molecular weight is 219 g/mol. The molecule has 0 atom stereocenters. The fourth-order valence-corrected chi connectivity index (χ4v) is 2.46. The van der Waals surface area contributed by atoms with Crippen molar-refractivity contribution in [2.45, 2.75) is 13.3 Å². The quantitative estimate of drug-likeness (QED) is 0.756. The summed E-state index contributed by atoms with van der Waals surface area (Å²) in [5.41, 5.74) is 2.47. The Balaban J connectivity index is 1.98. The molecule has 1 saturated heterocycles. The van der Waals surface area contributed by atoms with Gasteiger partial charge in [-0.15, -0.1) is 0 Å². The van der Waals surface area contributed by atoms with E-state index in [9.17, 15) is 0 Å². The molecule has 1 fully saturated rings. The summed E-state index contributed by atoms with van der Waals surface area (Å²) in [5.74, 6) is 2.21. The number of pyridine rings is 1. The van der Waals surface area contributed by atoms with Crippen molar-refractivity contribution in [1.29, 1.82) is 0 Å². The first-order valence-electron chi connectivity index (χ1n) is 5.93. The maximum absolute atomic E-state index is 5.68. The predicted molar refractivity (Wildman–Crippen MR) is 63.3 cm³/mol. The highest BCUT2D eigenvalue weighted by atomic mass is 16.5. The third kappa shape index (κ3) is 1.53. The van der Waals surface area contributed by atoms with Gasteiger partial charge in [0.05, 0.1) is 6.61 Å². The van der Waals surface area contributed by atoms with Gasteiger partial charge in [-0.3, -0.25) is 0 Å². The van der Waals surface area contributed by atoms with Crippen LogP contribution in [0.25, 0.3) is 0 Å². The number of rotatable bonds is 1. The lowest BCUT2D eigenvalue weighted by atomic mass is 10.1. The zero-order valence-electron chi connectivity index (χ0n) is 9.62. The van der Waals surface area contributed by atoms with Crippen LogP contribution >= 0.6 is 0 Å². The molecule has 1 aromatic rings. The van der Waals surface area contributed by atoms with Crippen LogP contribution in [0.5, 0.6) is 5.75 Å². The molecule has 2 aliphatic rings. The lowest BCUT2D eigenvalue weighted by molar-refractivity contribution is 0.354. The maximum atomic E-state index is 5.68.